The van der Waals surface area contributed by atoms with Crippen molar-refractivity contribution in [1.82, 2.24) is 4.98 Å². The first-order valence-electron chi connectivity index (χ1n) is 12.8. The summed E-state index contributed by atoms with van der Waals surface area (Å²) in [6, 6.07) is 18.8. The fraction of sp³-hybridized carbons (Fsp3) is 0.400. The number of nitrogens with zero attached hydrogens (tertiary/aromatic N) is 1. The van der Waals surface area contributed by atoms with Crippen LogP contribution >= 0.6 is 11.8 Å². The Balaban J connectivity index is 1.26. The number of aryl methyl sites for hydroxylation is 3. The molecule has 1 fully saturated rings. The molecule has 6 heteroatoms. The van der Waals surface area contributed by atoms with E-state index in [1.807, 2.05) is 42.1 Å². The Labute approximate surface area is 217 Å². The largest absolute Gasteiger partial charge is 0.489 e. The van der Waals surface area contributed by atoms with E-state index in [4.69, 9.17) is 19.2 Å². The van der Waals surface area contributed by atoms with Crippen molar-refractivity contribution in [3.05, 3.63) is 77.0 Å². The molecule has 0 N–H and O–H groups in total. The molecule has 1 aromatic heterocycles. The van der Waals surface area contributed by atoms with Crippen molar-refractivity contribution in [3.63, 3.8) is 0 Å². The maximum atomic E-state index is 11.4. The van der Waals surface area contributed by atoms with Crippen molar-refractivity contribution < 1.29 is 19.0 Å². The van der Waals surface area contributed by atoms with Crippen LogP contribution in [0.5, 0.6) is 11.6 Å². The molecule has 1 aliphatic heterocycles. The van der Waals surface area contributed by atoms with Crippen LogP contribution in [0.15, 0.2) is 54.6 Å². The smallest absolute Gasteiger partial charge is 0.305 e. The molecule has 0 radical (unpaired) electrons. The third kappa shape index (κ3) is 6.22. The second-order valence-electron chi connectivity index (χ2n) is 9.43. The van der Waals surface area contributed by atoms with Crippen molar-refractivity contribution in [2.45, 2.75) is 57.7 Å². The van der Waals surface area contributed by atoms with E-state index < -0.39 is 0 Å². The van der Waals surface area contributed by atoms with Gasteiger partial charge in [-0.2, -0.15) is 11.8 Å². The highest BCUT2D eigenvalue weighted by atomic mass is 32.2. The van der Waals surface area contributed by atoms with Crippen LogP contribution in [0.25, 0.3) is 11.1 Å². The normalized spacial score (nSPS) is 15.4. The van der Waals surface area contributed by atoms with Gasteiger partial charge in [0.2, 0.25) is 5.88 Å². The molecule has 2 aliphatic rings. The minimum atomic E-state index is -0.192. The number of thioether (sulfide) groups is 1. The van der Waals surface area contributed by atoms with Crippen LogP contribution < -0.4 is 9.47 Å². The molecule has 3 aromatic rings. The molecule has 0 atom stereocenters. The summed E-state index contributed by atoms with van der Waals surface area (Å²) in [4.78, 5) is 16.3. The summed E-state index contributed by atoms with van der Waals surface area (Å²) >= 11 is 2.01. The number of benzene rings is 2. The lowest BCUT2D eigenvalue weighted by Crippen LogP contribution is -2.22. The SMILES string of the molecule is COC(=O)CCc1ccc(OCc2ccc3c(c2)-c2ccc(OC4CCSCC4)nc2CCC3)cc1. The summed E-state index contributed by atoms with van der Waals surface area (Å²) in [5, 5.41) is 0. The van der Waals surface area contributed by atoms with Crippen LogP contribution in [-0.2, 0) is 35.4 Å². The molecule has 0 spiro atoms. The average Bonchev–Trinajstić information content (AvgIpc) is 3.10. The highest BCUT2D eigenvalue weighted by molar-refractivity contribution is 7.99. The number of carbonyl (C=O) groups is 1. The molecule has 2 aromatic carbocycles. The summed E-state index contributed by atoms with van der Waals surface area (Å²) < 4.78 is 17.0. The first-order chi connectivity index (χ1) is 17.7. The zero-order valence-electron chi connectivity index (χ0n) is 20.8. The second-order valence-corrected chi connectivity index (χ2v) is 10.7. The van der Waals surface area contributed by atoms with Gasteiger partial charge < -0.3 is 14.2 Å². The van der Waals surface area contributed by atoms with E-state index in [0.717, 1.165) is 60.6 Å². The first kappa shape index (κ1) is 24.7. The number of methoxy groups -OCH3 is 1. The second kappa shape index (κ2) is 11.8. The number of hydrogen-bond acceptors (Lipinski definition) is 6. The minimum absolute atomic E-state index is 0.192. The zero-order valence-corrected chi connectivity index (χ0v) is 21.6. The quantitative estimate of drug-likeness (QED) is 0.341. The number of rotatable bonds is 8. The van der Waals surface area contributed by atoms with E-state index in [1.165, 1.54) is 35.3 Å². The molecule has 188 valence electrons. The van der Waals surface area contributed by atoms with Crippen LogP contribution in [0, 0.1) is 0 Å². The highest BCUT2D eigenvalue weighted by Gasteiger charge is 2.20. The molecular formula is C30H33NO4S. The lowest BCUT2D eigenvalue weighted by molar-refractivity contribution is -0.140. The third-order valence-corrected chi connectivity index (χ3v) is 7.95. The fourth-order valence-electron chi connectivity index (χ4n) is 4.84. The van der Waals surface area contributed by atoms with Gasteiger partial charge in [0.25, 0.3) is 0 Å². The van der Waals surface area contributed by atoms with Gasteiger partial charge in [0, 0.05) is 18.1 Å². The lowest BCUT2D eigenvalue weighted by atomic mass is 9.97. The molecule has 1 aliphatic carbocycles. The Morgan fingerprint density at radius 2 is 1.78 bits per heavy atom. The lowest BCUT2D eigenvalue weighted by Gasteiger charge is -2.22. The number of esters is 1. The van der Waals surface area contributed by atoms with Gasteiger partial charge in [0.05, 0.1) is 12.8 Å². The summed E-state index contributed by atoms with van der Waals surface area (Å²) in [6.07, 6.45) is 6.66. The number of aromatic nitrogens is 1. The summed E-state index contributed by atoms with van der Waals surface area (Å²) in [7, 11) is 1.42. The summed E-state index contributed by atoms with van der Waals surface area (Å²) in [5.41, 5.74) is 7.20. The maximum absolute atomic E-state index is 11.4. The fourth-order valence-corrected chi connectivity index (χ4v) is 5.91. The van der Waals surface area contributed by atoms with Gasteiger partial charge in [-0.1, -0.05) is 24.3 Å². The molecule has 36 heavy (non-hydrogen) atoms. The van der Waals surface area contributed by atoms with Gasteiger partial charge in [-0.05, 0) is 96.5 Å². The van der Waals surface area contributed by atoms with E-state index in [0.29, 0.717) is 25.6 Å². The van der Waals surface area contributed by atoms with Gasteiger partial charge >= 0.3 is 5.97 Å². The molecule has 5 nitrogen and oxygen atoms in total. The van der Waals surface area contributed by atoms with Gasteiger partial charge in [-0.25, -0.2) is 4.98 Å². The number of hydrogen-bond donors (Lipinski definition) is 0. The molecule has 0 amide bonds. The topological polar surface area (TPSA) is 57.7 Å². The van der Waals surface area contributed by atoms with Crippen molar-refractivity contribution >= 4 is 17.7 Å². The predicted molar refractivity (Wildman–Crippen MR) is 144 cm³/mol. The van der Waals surface area contributed by atoms with Crippen molar-refractivity contribution in [2.24, 2.45) is 0 Å². The number of pyridine rings is 1. The first-order valence-corrected chi connectivity index (χ1v) is 14.0. The summed E-state index contributed by atoms with van der Waals surface area (Å²) in [5.74, 6) is 3.74. The van der Waals surface area contributed by atoms with E-state index >= 15 is 0 Å². The Bertz CT molecular complexity index is 1190. The minimum Gasteiger partial charge on any atom is -0.489 e. The van der Waals surface area contributed by atoms with Gasteiger partial charge in [0.15, 0.2) is 0 Å². The highest BCUT2D eigenvalue weighted by Crippen LogP contribution is 2.34. The Hall–Kier alpha value is -2.99. The molecule has 5 rings (SSSR count). The molecule has 2 heterocycles. The number of ether oxygens (including phenoxy) is 3. The Kier molecular flexibility index (Phi) is 8.11. The van der Waals surface area contributed by atoms with Crippen LogP contribution in [0.4, 0.5) is 0 Å². The zero-order chi connectivity index (χ0) is 24.7. The van der Waals surface area contributed by atoms with Gasteiger partial charge in [-0.15, -0.1) is 0 Å². The summed E-state index contributed by atoms with van der Waals surface area (Å²) in [6.45, 7) is 0.498. The molecule has 0 bridgehead atoms. The van der Waals surface area contributed by atoms with Gasteiger partial charge in [0.1, 0.15) is 18.5 Å². The monoisotopic (exact) mass is 503 g/mol. The van der Waals surface area contributed by atoms with E-state index in [-0.39, 0.29) is 5.97 Å². The van der Waals surface area contributed by atoms with Crippen LogP contribution in [0.2, 0.25) is 0 Å². The van der Waals surface area contributed by atoms with Crippen LogP contribution in [-0.4, -0.2) is 35.7 Å². The molecule has 1 saturated heterocycles. The maximum Gasteiger partial charge on any atom is 0.305 e. The predicted octanol–water partition coefficient (Wildman–Crippen LogP) is 6.20. The molecular weight excluding hydrogens is 470 g/mol. The number of fused-ring (bicyclic) bond motifs is 3. The van der Waals surface area contributed by atoms with Crippen molar-refractivity contribution in [2.75, 3.05) is 18.6 Å². The average molecular weight is 504 g/mol. The third-order valence-electron chi connectivity index (χ3n) is 6.90. The van der Waals surface area contributed by atoms with E-state index in [9.17, 15) is 4.79 Å². The Morgan fingerprint density at radius 3 is 2.58 bits per heavy atom. The number of carbonyl (C=O) groups excluding carboxylic acids is 1. The van der Waals surface area contributed by atoms with Crippen molar-refractivity contribution in [1.29, 1.82) is 0 Å². The standard InChI is InChI=1S/C30H33NO4S/c1-33-30(32)14-8-21-6-10-24(11-7-21)34-20-22-5-9-23-3-2-4-28-26(27(23)19-22)12-13-29(31-28)35-25-15-17-36-18-16-25/h5-7,9-13,19,25H,2-4,8,14-18,20H2,1H3. The van der Waals surface area contributed by atoms with Crippen LogP contribution in [0.3, 0.4) is 0 Å². The molecule has 0 saturated carbocycles. The van der Waals surface area contributed by atoms with Crippen molar-refractivity contribution in [3.8, 4) is 22.8 Å². The van der Waals surface area contributed by atoms with Crippen LogP contribution in [0.1, 0.15) is 48.1 Å². The van der Waals surface area contributed by atoms with E-state index in [2.05, 4.69) is 24.3 Å². The molecule has 0 unspecified atom stereocenters. The van der Waals surface area contributed by atoms with Gasteiger partial charge in [-0.3, -0.25) is 4.79 Å². The Morgan fingerprint density at radius 1 is 0.972 bits per heavy atom. The van der Waals surface area contributed by atoms with E-state index in [1.54, 1.807) is 0 Å².